The first-order valence-electron chi connectivity index (χ1n) is 5.15. The van der Waals surface area contributed by atoms with E-state index in [4.69, 9.17) is 0 Å². The number of hydrogen-bond donors (Lipinski definition) is 1. The van der Waals surface area contributed by atoms with Crippen molar-refractivity contribution in [1.82, 2.24) is 5.32 Å². The molecule has 0 radical (unpaired) electrons. The summed E-state index contributed by atoms with van der Waals surface area (Å²) < 4.78 is 13.9. The summed E-state index contributed by atoms with van der Waals surface area (Å²) in [7, 11) is 1.92. The fourth-order valence-electron chi connectivity index (χ4n) is 1.70. The predicted octanol–water partition coefficient (Wildman–Crippen LogP) is 3.55. The van der Waals surface area contributed by atoms with Crippen LogP contribution in [0.15, 0.2) is 22.7 Å². The summed E-state index contributed by atoms with van der Waals surface area (Å²) in [6, 6.07) is 5.37. The third-order valence-electron chi connectivity index (χ3n) is 2.60. The molecule has 84 valence electrons. The summed E-state index contributed by atoms with van der Waals surface area (Å²) >= 11 is 3.16. The minimum atomic E-state index is -0.186. The zero-order chi connectivity index (χ0) is 11.4. The lowest BCUT2D eigenvalue weighted by Crippen LogP contribution is -2.21. The molecule has 0 heterocycles. The number of rotatable bonds is 4. The van der Waals surface area contributed by atoms with Crippen molar-refractivity contribution in [3.05, 3.63) is 34.1 Å². The van der Waals surface area contributed by atoms with Crippen molar-refractivity contribution in [3.63, 3.8) is 0 Å². The highest BCUT2D eigenvalue weighted by atomic mass is 79.9. The maximum absolute atomic E-state index is 13.4. The maximum Gasteiger partial charge on any atom is 0.137 e. The molecular weight excluding hydrogens is 257 g/mol. The molecule has 1 N–H and O–H groups in total. The van der Waals surface area contributed by atoms with Gasteiger partial charge in [0, 0.05) is 6.54 Å². The van der Waals surface area contributed by atoms with E-state index in [-0.39, 0.29) is 5.82 Å². The van der Waals surface area contributed by atoms with Gasteiger partial charge in [0.2, 0.25) is 0 Å². The van der Waals surface area contributed by atoms with E-state index in [9.17, 15) is 4.39 Å². The minimum absolute atomic E-state index is 0.186. The van der Waals surface area contributed by atoms with Crippen LogP contribution in [0.5, 0.6) is 0 Å². The van der Waals surface area contributed by atoms with E-state index in [0.29, 0.717) is 16.3 Å². The Bertz CT molecular complexity index is 325. The van der Waals surface area contributed by atoms with Crippen molar-refractivity contribution in [1.29, 1.82) is 0 Å². The Morgan fingerprint density at radius 3 is 2.53 bits per heavy atom. The summed E-state index contributed by atoms with van der Waals surface area (Å²) in [5.74, 6) is 0.671. The second-order valence-corrected chi connectivity index (χ2v) is 4.94. The Labute approximate surface area is 99.2 Å². The van der Waals surface area contributed by atoms with Crippen molar-refractivity contribution in [2.75, 3.05) is 13.6 Å². The number of benzene rings is 1. The lowest BCUT2D eigenvalue weighted by atomic mass is 9.88. The summed E-state index contributed by atoms with van der Waals surface area (Å²) in [4.78, 5) is 0. The number of nitrogens with one attached hydrogen (secondary N) is 1. The molecule has 15 heavy (non-hydrogen) atoms. The molecule has 0 aliphatic rings. The molecule has 0 aliphatic carbocycles. The van der Waals surface area contributed by atoms with Crippen LogP contribution in [-0.4, -0.2) is 13.6 Å². The molecule has 0 spiro atoms. The van der Waals surface area contributed by atoms with Crippen molar-refractivity contribution >= 4 is 15.9 Å². The van der Waals surface area contributed by atoms with Gasteiger partial charge in [-0.25, -0.2) is 4.39 Å². The normalized spacial score (nSPS) is 13.2. The van der Waals surface area contributed by atoms with Crippen LogP contribution in [-0.2, 0) is 0 Å². The zero-order valence-corrected chi connectivity index (χ0v) is 10.9. The molecule has 1 rings (SSSR count). The van der Waals surface area contributed by atoms with Gasteiger partial charge >= 0.3 is 0 Å². The molecule has 3 heteroatoms. The molecule has 1 aromatic rings. The van der Waals surface area contributed by atoms with Crippen LogP contribution in [0.1, 0.15) is 25.3 Å². The van der Waals surface area contributed by atoms with Gasteiger partial charge in [0.15, 0.2) is 0 Å². The van der Waals surface area contributed by atoms with Crippen LogP contribution in [0.3, 0.4) is 0 Å². The molecule has 1 unspecified atom stereocenters. The van der Waals surface area contributed by atoms with E-state index < -0.39 is 0 Å². The molecular formula is C12H17BrFN. The zero-order valence-electron chi connectivity index (χ0n) is 9.35. The molecule has 0 aliphatic heterocycles. The quantitative estimate of drug-likeness (QED) is 0.885. The van der Waals surface area contributed by atoms with Gasteiger partial charge in [-0.05, 0) is 52.5 Å². The van der Waals surface area contributed by atoms with Gasteiger partial charge in [-0.2, -0.15) is 0 Å². The molecule has 0 fully saturated rings. The Morgan fingerprint density at radius 2 is 2.07 bits per heavy atom. The standard InChI is InChI=1S/C12H17BrFN/c1-8(2)10(7-15-3)9-4-5-11(13)12(14)6-9/h4-6,8,10,15H,7H2,1-3H3. The van der Waals surface area contributed by atoms with E-state index in [1.165, 1.54) is 0 Å². The Hall–Kier alpha value is -0.410. The predicted molar refractivity (Wildman–Crippen MR) is 65.6 cm³/mol. The SMILES string of the molecule is CNCC(c1ccc(Br)c(F)c1)C(C)C. The topological polar surface area (TPSA) is 12.0 Å². The van der Waals surface area contributed by atoms with E-state index in [2.05, 4.69) is 35.1 Å². The van der Waals surface area contributed by atoms with Gasteiger partial charge in [0.1, 0.15) is 5.82 Å². The average molecular weight is 274 g/mol. The van der Waals surface area contributed by atoms with Crippen molar-refractivity contribution < 1.29 is 4.39 Å². The summed E-state index contributed by atoms with van der Waals surface area (Å²) in [6.45, 7) is 5.18. The lowest BCUT2D eigenvalue weighted by molar-refractivity contribution is 0.475. The van der Waals surface area contributed by atoms with Gasteiger partial charge in [-0.15, -0.1) is 0 Å². The van der Waals surface area contributed by atoms with Crippen LogP contribution in [0.25, 0.3) is 0 Å². The highest BCUT2D eigenvalue weighted by Gasteiger charge is 2.16. The van der Waals surface area contributed by atoms with Gasteiger partial charge < -0.3 is 5.32 Å². The Balaban J connectivity index is 2.95. The summed E-state index contributed by atoms with van der Waals surface area (Å²) in [5.41, 5.74) is 1.06. The minimum Gasteiger partial charge on any atom is -0.319 e. The summed E-state index contributed by atoms with van der Waals surface area (Å²) in [6.07, 6.45) is 0. The molecule has 1 atom stereocenters. The molecule has 0 aromatic heterocycles. The molecule has 0 bridgehead atoms. The summed E-state index contributed by atoms with van der Waals surface area (Å²) in [5, 5.41) is 3.15. The fourth-order valence-corrected chi connectivity index (χ4v) is 1.95. The van der Waals surface area contributed by atoms with Crippen LogP contribution < -0.4 is 5.32 Å². The Morgan fingerprint density at radius 1 is 1.40 bits per heavy atom. The van der Waals surface area contributed by atoms with Crippen molar-refractivity contribution in [2.45, 2.75) is 19.8 Å². The van der Waals surface area contributed by atoms with Gasteiger partial charge in [-0.1, -0.05) is 19.9 Å². The fraction of sp³-hybridized carbons (Fsp3) is 0.500. The lowest BCUT2D eigenvalue weighted by Gasteiger charge is -2.21. The second-order valence-electron chi connectivity index (χ2n) is 4.08. The highest BCUT2D eigenvalue weighted by Crippen LogP contribution is 2.26. The Kier molecular flexibility index (Phi) is 4.74. The van der Waals surface area contributed by atoms with Crippen LogP contribution in [0, 0.1) is 11.7 Å². The van der Waals surface area contributed by atoms with E-state index in [0.717, 1.165) is 12.1 Å². The third-order valence-corrected chi connectivity index (χ3v) is 3.24. The van der Waals surface area contributed by atoms with E-state index >= 15 is 0 Å². The maximum atomic E-state index is 13.4. The van der Waals surface area contributed by atoms with Crippen molar-refractivity contribution in [2.24, 2.45) is 5.92 Å². The smallest absolute Gasteiger partial charge is 0.137 e. The first-order chi connectivity index (χ1) is 7.06. The number of likely N-dealkylation sites (N-methyl/N-ethyl adjacent to an activating group) is 1. The molecule has 1 aromatic carbocycles. The van der Waals surface area contributed by atoms with E-state index in [1.54, 1.807) is 12.1 Å². The van der Waals surface area contributed by atoms with Crippen molar-refractivity contribution in [3.8, 4) is 0 Å². The highest BCUT2D eigenvalue weighted by molar-refractivity contribution is 9.10. The first-order valence-corrected chi connectivity index (χ1v) is 5.95. The third kappa shape index (κ3) is 3.28. The second kappa shape index (κ2) is 5.61. The average Bonchev–Trinajstić information content (AvgIpc) is 2.18. The van der Waals surface area contributed by atoms with Crippen LogP contribution in [0.4, 0.5) is 4.39 Å². The molecule has 1 nitrogen and oxygen atoms in total. The molecule has 0 amide bonds. The number of hydrogen-bond acceptors (Lipinski definition) is 1. The van der Waals surface area contributed by atoms with Gasteiger partial charge in [0.25, 0.3) is 0 Å². The van der Waals surface area contributed by atoms with E-state index in [1.807, 2.05) is 13.1 Å². The monoisotopic (exact) mass is 273 g/mol. The molecule has 0 saturated heterocycles. The van der Waals surface area contributed by atoms with Gasteiger partial charge in [0.05, 0.1) is 4.47 Å². The van der Waals surface area contributed by atoms with Gasteiger partial charge in [-0.3, -0.25) is 0 Å². The van der Waals surface area contributed by atoms with Crippen LogP contribution >= 0.6 is 15.9 Å². The number of halogens is 2. The molecule has 0 saturated carbocycles. The first kappa shape index (κ1) is 12.7. The largest absolute Gasteiger partial charge is 0.319 e. The van der Waals surface area contributed by atoms with Crippen LogP contribution in [0.2, 0.25) is 0 Å².